The van der Waals surface area contributed by atoms with E-state index in [2.05, 4.69) is 373 Å². The van der Waals surface area contributed by atoms with E-state index in [1.54, 1.807) is 0 Å². The third-order valence-electron chi connectivity index (χ3n) is 21.8. The van der Waals surface area contributed by atoms with Gasteiger partial charge in [0, 0.05) is 86.7 Å². The predicted octanol–water partition coefficient (Wildman–Crippen LogP) is 22.2. The summed E-state index contributed by atoms with van der Waals surface area (Å²) >= 11 is 1.90. The molecular weight excluding hydrogens is 1170 g/mol. The molecule has 0 unspecified atom stereocenters. The summed E-state index contributed by atoms with van der Waals surface area (Å²) in [7, 11) is 0. The minimum absolute atomic E-state index is 0.142. The number of aromatic nitrogens is 1. The first-order valence-electron chi connectivity index (χ1n) is 33.6. The van der Waals surface area contributed by atoms with Crippen molar-refractivity contribution < 1.29 is 0 Å². The van der Waals surface area contributed by atoms with Gasteiger partial charge in [0.05, 0.1) is 16.7 Å². The summed E-state index contributed by atoms with van der Waals surface area (Å²) in [6.07, 6.45) is 0. The van der Waals surface area contributed by atoms with Crippen LogP contribution in [-0.4, -0.2) is 11.3 Å². The van der Waals surface area contributed by atoms with Crippen LogP contribution < -0.4 is 26.2 Å². The summed E-state index contributed by atoms with van der Waals surface area (Å²) in [4.78, 5) is 5.23. The fourth-order valence-corrected chi connectivity index (χ4v) is 17.0. The lowest BCUT2D eigenvalue weighted by molar-refractivity contribution is 0.641. The highest BCUT2D eigenvalue weighted by Gasteiger charge is 2.45. The number of anilines is 6. The van der Waals surface area contributed by atoms with Crippen LogP contribution in [0.1, 0.15) is 99.9 Å². The normalized spacial score (nSPS) is 13.2. The van der Waals surface area contributed by atoms with Gasteiger partial charge in [-0.1, -0.05) is 274 Å². The van der Waals surface area contributed by atoms with Crippen LogP contribution in [0.2, 0.25) is 0 Å². The Morgan fingerprint density at radius 1 is 0.263 bits per heavy atom. The van der Waals surface area contributed by atoms with Gasteiger partial charge in [0.15, 0.2) is 0 Å². The van der Waals surface area contributed by atoms with Crippen molar-refractivity contribution in [2.75, 3.05) is 9.80 Å². The molecule has 458 valence electrons. The van der Waals surface area contributed by atoms with E-state index in [0.717, 1.165) is 39.5 Å². The molecule has 0 atom stereocenters. The van der Waals surface area contributed by atoms with E-state index < -0.39 is 0 Å². The second kappa shape index (κ2) is 22.1. The van der Waals surface area contributed by atoms with E-state index in [0.29, 0.717) is 0 Å². The van der Waals surface area contributed by atoms with Gasteiger partial charge in [0.2, 0.25) is 0 Å². The van der Waals surface area contributed by atoms with Crippen LogP contribution in [0, 0.1) is 0 Å². The zero-order chi connectivity index (χ0) is 64.5. The van der Waals surface area contributed by atoms with E-state index in [1.807, 2.05) is 11.3 Å². The number of benzene rings is 13. The zero-order valence-corrected chi connectivity index (χ0v) is 56.0. The molecule has 0 bridgehead atoms. The van der Waals surface area contributed by atoms with Gasteiger partial charge < -0.3 is 14.4 Å². The first kappa shape index (κ1) is 58.4. The smallest absolute Gasteiger partial charge is 0.252 e. The fraction of sp³-hybridized carbons (Fsp3) is 0.133. The molecule has 2 aromatic heterocycles. The van der Waals surface area contributed by atoms with Crippen LogP contribution in [0.25, 0.3) is 58.8 Å². The lowest BCUT2D eigenvalue weighted by Crippen LogP contribution is -2.61. The predicted molar refractivity (Wildman–Crippen MR) is 407 cm³/mol. The largest absolute Gasteiger partial charge is 0.311 e. The standard InChI is InChI=1S/C90H74BN3S/c1-87(2,61-28-16-10-17-29-61)65-40-47-70(48-41-65)92-80-51-44-68(90(7,8)64-34-22-13-23-35-64)54-76(80)91-77-58-85-75(72-36-24-25-37-84(72)95-85)57-81(77)93(69-45-38-60(39-46-69)59-26-14-9-15-27-59)83-56-71(55-82(92)86(83)91)94-78-49-42-66(88(3,4)62-30-18-11-19-31-62)52-73(78)74-53-67(43-50-79(74)94)89(5,6)63-32-20-12-21-33-63/h9-58H,1-8H3. The van der Waals surface area contributed by atoms with Crippen LogP contribution >= 0.6 is 11.3 Å². The molecule has 0 aliphatic carbocycles. The molecule has 4 heterocycles. The highest BCUT2D eigenvalue weighted by Crippen LogP contribution is 2.50. The Balaban J connectivity index is 0.983. The summed E-state index contributed by atoms with van der Waals surface area (Å²) in [6, 6.07) is 115. The van der Waals surface area contributed by atoms with Crippen molar-refractivity contribution in [1.29, 1.82) is 0 Å². The molecule has 2 aliphatic rings. The van der Waals surface area contributed by atoms with Crippen molar-refractivity contribution in [2.24, 2.45) is 0 Å². The van der Waals surface area contributed by atoms with E-state index in [-0.39, 0.29) is 28.4 Å². The highest BCUT2D eigenvalue weighted by atomic mass is 32.1. The SMILES string of the molecule is CC(C)(c1ccccc1)c1ccc(N2c3ccc(C(C)(C)c4ccccc4)cc3B3c4cc5sc6ccccc6c5cc4N(c4ccc(-c5ccccc5)cc4)c4cc(-n5c6ccc(C(C)(C)c7ccccc7)cc6c6cc(C(C)(C)c7ccccc7)ccc65)cc2c43)cc1. The number of rotatable bonds is 12. The van der Waals surface area contributed by atoms with Gasteiger partial charge in [-0.15, -0.1) is 11.3 Å². The molecule has 2 aliphatic heterocycles. The molecular formula is C90H74BN3S. The van der Waals surface area contributed by atoms with Gasteiger partial charge >= 0.3 is 0 Å². The maximum atomic E-state index is 2.62. The van der Waals surface area contributed by atoms with Gasteiger partial charge in [-0.3, -0.25) is 0 Å². The lowest BCUT2D eigenvalue weighted by Gasteiger charge is -2.45. The van der Waals surface area contributed by atoms with Crippen molar-refractivity contribution in [3.8, 4) is 16.8 Å². The summed E-state index contributed by atoms with van der Waals surface area (Å²) in [5, 5.41) is 5.02. The van der Waals surface area contributed by atoms with Crippen molar-refractivity contribution in [2.45, 2.75) is 77.0 Å². The number of hydrogen-bond donors (Lipinski definition) is 0. The Hall–Kier alpha value is -10.5. The molecule has 95 heavy (non-hydrogen) atoms. The molecule has 0 fully saturated rings. The van der Waals surface area contributed by atoms with Crippen molar-refractivity contribution >= 4 is 111 Å². The third kappa shape index (κ3) is 9.37. The third-order valence-corrected chi connectivity index (χ3v) is 22.9. The van der Waals surface area contributed by atoms with E-state index in [1.165, 1.54) is 114 Å². The van der Waals surface area contributed by atoms with E-state index in [4.69, 9.17) is 0 Å². The molecule has 5 heteroatoms. The van der Waals surface area contributed by atoms with Gasteiger partial charge in [0.25, 0.3) is 6.71 Å². The minimum Gasteiger partial charge on any atom is -0.311 e. The molecule has 0 amide bonds. The van der Waals surface area contributed by atoms with E-state index in [9.17, 15) is 0 Å². The maximum absolute atomic E-state index is 2.62. The second-order valence-electron chi connectivity index (χ2n) is 28.5. The quantitative estimate of drug-likeness (QED) is 0.113. The number of hydrogen-bond acceptors (Lipinski definition) is 3. The van der Waals surface area contributed by atoms with Crippen LogP contribution in [0.4, 0.5) is 34.1 Å². The van der Waals surface area contributed by atoms with Crippen molar-refractivity contribution in [1.82, 2.24) is 4.57 Å². The lowest BCUT2D eigenvalue weighted by atomic mass is 9.33. The zero-order valence-electron chi connectivity index (χ0n) is 55.2. The summed E-state index contributed by atoms with van der Waals surface area (Å²) < 4.78 is 5.17. The van der Waals surface area contributed by atoms with Crippen molar-refractivity contribution in [3.63, 3.8) is 0 Å². The summed E-state index contributed by atoms with van der Waals surface area (Å²) in [6.45, 7) is 18.8. The number of thiophene rings is 1. The summed E-state index contributed by atoms with van der Waals surface area (Å²) in [5.41, 5.74) is 25.7. The molecule has 0 spiro atoms. The van der Waals surface area contributed by atoms with Gasteiger partial charge in [-0.2, -0.15) is 0 Å². The molecule has 13 aromatic carbocycles. The monoisotopic (exact) mass is 1240 g/mol. The average Bonchev–Trinajstić information content (AvgIpc) is 1.46. The van der Waals surface area contributed by atoms with E-state index >= 15 is 0 Å². The van der Waals surface area contributed by atoms with Crippen LogP contribution in [0.5, 0.6) is 0 Å². The average molecular weight is 1240 g/mol. The second-order valence-corrected chi connectivity index (χ2v) is 29.6. The number of fused-ring (bicyclic) bond motifs is 10. The Bertz CT molecular complexity index is 5350. The molecule has 3 nitrogen and oxygen atoms in total. The van der Waals surface area contributed by atoms with Gasteiger partial charge in [-0.25, -0.2) is 0 Å². The Labute approximate surface area is 562 Å². The topological polar surface area (TPSA) is 11.4 Å². The molecule has 0 saturated carbocycles. The molecule has 0 saturated heterocycles. The molecule has 15 aromatic rings. The Morgan fingerprint density at radius 3 is 1.17 bits per heavy atom. The Morgan fingerprint density at radius 2 is 0.653 bits per heavy atom. The Kier molecular flexibility index (Phi) is 13.6. The minimum atomic E-state index is -0.304. The highest BCUT2D eigenvalue weighted by molar-refractivity contribution is 7.26. The molecule has 0 radical (unpaired) electrons. The molecule has 17 rings (SSSR count). The fourth-order valence-electron chi connectivity index (χ4n) is 15.9. The van der Waals surface area contributed by atoms with Crippen LogP contribution in [-0.2, 0) is 21.7 Å². The first-order valence-corrected chi connectivity index (χ1v) is 34.4. The summed E-state index contributed by atoms with van der Waals surface area (Å²) in [5.74, 6) is 0. The van der Waals surface area contributed by atoms with Crippen molar-refractivity contribution in [3.05, 3.63) is 348 Å². The number of nitrogens with zero attached hydrogens (tertiary/aromatic N) is 3. The first-order chi connectivity index (χ1) is 46.1. The van der Waals surface area contributed by atoms with Gasteiger partial charge in [0.1, 0.15) is 0 Å². The van der Waals surface area contributed by atoms with Gasteiger partial charge in [-0.05, 0) is 157 Å². The maximum Gasteiger partial charge on any atom is 0.252 e. The van der Waals surface area contributed by atoms with Crippen LogP contribution in [0.3, 0.4) is 0 Å². The molecule has 0 N–H and O–H groups in total. The van der Waals surface area contributed by atoms with Crippen LogP contribution in [0.15, 0.2) is 303 Å².